The quantitative estimate of drug-likeness (QED) is 0.477. The van der Waals surface area contributed by atoms with Crippen LogP contribution in [-0.2, 0) is 24.1 Å². The number of rotatable bonds is 3. The summed E-state index contributed by atoms with van der Waals surface area (Å²) < 4.78 is 42.7. The highest BCUT2D eigenvalue weighted by atomic mass is 32.2. The van der Waals surface area contributed by atoms with Crippen LogP contribution in [0.15, 0.2) is 46.6 Å². The number of fused-ring (bicyclic) bond motifs is 2. The van der Waals surface area contributed by atoms with Crippen molar-refractivity contribution in [2.75, 3.05) is 26.3 Å². The number of carbonyl (C=O) groups is 1. The van der Waals surface area contributed by atoms with Crippen LogP contribution < -0.4 is 5.32 Å². The third kappa shape index (κ3) is 4.01. The second-order valence-electron chi connectivity index (χ2n) is 14.8. The Labute approximate surface area is 254 Å². The molecule has 5 fully saturated rings. The first kappa shape index (κ1) is 29.4. The number of ether oxygens (including phenoxy) is 2. The van der Waals surface area contributed by atoms with Crippen molar-refractivity contribution in [1.29, 1.82) is 5.41 Å². The number of morpholine rings is 1. The summed E-state index contributed by atoms with van der Waals surface area (Å²) in [6.45, 7) is 11.5. The van der Waals surface area contributed by atoms with Crippen molar-refractivity contribution in [2.45, 2.75) is 87.7 Å². The summed E-state index contributed by atoms with van der Waals surface area (Å²) in [4.78, 5) is 15.5. The number of amides is 1. The molecule has 43 heavy (non-hydrogen) atoms. The van der Waals surface area contributed by atoms with Gasteiger partial charge in [-0.2, -0.15) is 0 Å². The molecule has 1 spiro atoms. The third-order valence-electron chi connectivity index (χ3n) is 12.6. The van der Waals surface area contributed by atoms with E-state index in [-0.39, 0.29) is 42.0 Å². The van der Waals surface area contributed by atoms with E-state index in [1.807, 2.05) is 6.07 Å². The van der Waals surface area contributed by atoms with Gasteiger partial charge in [0.15, 0.2) is 9.84 Å². The predicted molar refractivity (Wildman–Crippen MR) is 161 cm³/mol. The van der Waals surface area contributed by atoms with Crippen LogP contribution in [0.3, 0.4) is 0 Å². The summed E-state index contributed by atoms with van der Waals surface area (Å²) in [5.41, 5.74) is -1.17. The van der Waals surface area contributed by atoms with Crippen molar-refractivity contribution >= 4 is 21.6 Å². The molecule has 9 nitrogen and oxygen atoms in total. The number of hydrogen-bond acceptors (Lipinski definition) is 8. The second-order valence-corrected chi connectivity index (χ2v) is 16.9. The van der Waals surface area contributed by atoms with Gasteiger partial charge in [0.05, 0.1) is 35.4 Å². The van der Waals surface area contributed by atoms with Crippen molar-refractivity contribution in [2.24, 2.45) is 34.5 Å². The standard InChI is InChI=1S/C33H45N3O6S/c1-19-10-11-25-31(2,3)28(36-12-14-41-15-13-36)24(43(39,40)20-8-6-5-7-9-20)18-33(25)32(19,4)17-22-23(37)16-21-26(27(22)42-33)29(34)35-30(21)38/h5-9,19,21-25,28,37H,10-18H2,1-4H3,(H2,34,35,38). The fraction of sp³-hybridized carbons (Fsp3) is 0.697. The monoisotopic (exact) mass is 611 g/mol. The second kappa shape index (κ2) is 9.86. The van der Waals surface area contributed by atoms with Gasteiger partial charge >= 0.3 is 0 Å². The summed E-state index contributed by atoms with van der Waals surface area (Å²) >= 11 is 0. The molecule has 7 rings (SSSR count). The molecule has 6 aliphatic rings. The first-order valence-corrected chi connectivity index (χ1v) is 17.5. The summed E-state index contributed by atoms with van der Waals surface area (Å²) in [7, 11) is -3.80. The molecule has 3 heterocycles. The van der Waals surface area contributed by atoms with Crippen LogP contribution in [0, 0.1) is 39.9 Å². The van der Waals surface area contributed by atoms with Gasteiger partial charge in [-0.05, 0) is 49.1 Å². The van der Waals surface area contributed by atoms with Gasteiger partial charge in [0.2, 0.25) is 5.91 Å². The van der Waals surface area contributed by atoms with Crippen molar-refractivity contribution in [3.8, 4) is 0 Å². The molecule has 0 bridgehead atoms. The lowest BCUT2D eigenvalue weighted by Crippen LogP contribution is -2.75. The number of carbonyl (C=O) groups excluding carboxylic acids is 1. The highest BCUT2D eigenvalue weighted by Crippen LogP contribution is 2.70. The maximum Gasteiger partial charge on any atom is 0.233 e. The van der Waals surface area contributed by atoms with Gasteiger partial charge in [-0.25, -0.2) is 8.42 Å². The van der Waals surface area contributed by atoms with E-state index in [2.05, 4.69) is 37.9 Å². The molecular formula is C33H45N3O6S. The molecule has 1 aromatic carbocycles. The summed E-state index contributed by atoms with van der Waals surface area (Å²) in [6, 6.07) is 8.57. The van der Waals surface area contributed by atoms with Crippen molar-refractivity contribution < 1.29 is 27.8 Å². The average Bonchev–Trinajstić information content (AvgIpc) is 3.26. The Kier molecular flexibility index (Phi) is 6.75. The minimum Gasteiger partial charge on any atom is -0.490 e. The summed E-state index contributed by atoms with van der Waals surface area (Å²) in [6.07, 6.45) is 2.36. The number of sulfone groups is 1. The van der Waals surface area contributed by atoms with Gasteiger partial charge in [-0.3, -0.25) is 15.1 Å². The van der Waals surface area contributed by atoms with E-state index in [0.717, 1.165) is 12.8 Å². The van der Waals surface area contributed by atoms with Crippen molar-refractivity contribution in [3.05, 3.63) is 41.7 Å². The molecule has 1 amide bonds. The smallest absolute Gasteiger partial charge is 0.233 e. The average molecular weight is 612 g/mol. The molecule has 2 saturated carbocycles. The zero-order valence-corrected chi connectivity index (χ0v) is 26.5. The van der Waals surface area contributed by atoms with Crippen molar-refractivity contribution in [1.82, 2.24) is 10.2 Å². The fourth-order valence-corrected chi connectivity index (χ4v) is 12.6. The van der Waals surface area contributed by atoms with Gasteiger partial charge in [0, 0.05) is 48.4 Å². The van der Waals surface area contributed by atoms with E-state index in [0.29, 0.717) is 55.4 Å². The van der Waals surface area contributed by atoms with E-state index >= 15 is 0 Å². The molecule has 3 aliphatic heterocycles. The van der Waals surface area contributed by atoms with Crippen LogP contribution in [-0.4, -0.2) is 79.5 Å². The molecular weight excluding hydrogens is 566 g/mol. The van der Waals surface area contributed by atoms with E-state index in [4.69, 9.17) is 14.9 Å². The van der Waals surface area contributed by atoms with Gasteiger partial charge in [0.1, 0.15) is 17.2 Å². The molecule has 10 heteroatoms. The number of nitrogens with zero attached hydrogens (tertiary/aromatic N) is 1. The Morgan fingerprint density at radius 1 is 1.07 bits per heavy atom. The fourth-order valence-electron chi connectivity index (χ4n) is 10.4. The van der Waals surface area contributed by atoms with E-state index in [9.17, 15) is 18.3 Å². The number of benzene rings is 1. The zero-order valence-electron chi connectivity index (χ0n) is 25.6. The molecule has 0 aromatic heterocycles. The van der Waals surface area contributed by atoms with Crippen LogP contribution in [0.5, 0.6) is 0 Å². The van der Waals surface area contributed by atoms with E-state index in [1.165, 1.54) is 0 Å². The number of aliphatic hydroxyl groups is 1. The molecule has 1 aromatic rings. The lowest BCUT2D eigenvalue weighted by atomic mass is 9.42. The largest absolute Gasteiger partial charge is 0.490 e. The van der Waals surface area contributed by atoms with Crippen LogP contribution in [0.1, 0.15) is 59.8 Å². The Hall–Kier alpha value is -2.27. The maximum absolute atomic E-state index is 14.8. The molecule has 234 valence electrons. The topological polar surface area (TPSA) is 129 Å². The molecule has 9 atom stereocenters. The Bertz CT molecular complexity index is 1470. The van der Waals surface area contributed by atoms with Gasteiger partial charge in [-0.15, -0.1) is 0 Å². The van der Waals surface area contributed by atoms with E-state index < -0.39 is 43.5 Å². The highest BCUT2D eigenvalue weighted by Gasteiger charge is 2.73. The van der Waals surface area contributed by atoms with Crippen LogP contribution in [0.4, 0.5) is 0 Å². The Balaban J connectivity index is 1.44. The molecule has 9 unspecified atom stereocenters. The Morgan fingerprint density at radius 3 is 2.47 bits per heavy atom. The number of amidine groups is 1. The third-order valence-corrected chi connectivity index (χ3v) is 14.7. The van der Waals surface area contributed by atoms with Crippen molar-refractivity contribution in [3.63, 3.8) is 0 Å². The first-order valence-electron chi connectivity index (χ1n) is 15.9. The van der Waals surface area contributed by atoms with Crippen LogP contribution >= 0.6 is 0 Å². The predicted octanol–water partition coefficient (Wildman–Crippen LogP) is 3.53. The summed E-state index contributed by atoms with van der Waals surface area (Å²) in [5.74, 6) is -0.358. The number of hydrogen-bond donors (Lipinski definition) is 3. The zero-order chi connectivity index (χ0) is 30.5. The number of nitrogens with one attached hydrogen (secondary N) is 2. The molecule has 3 aliphatic carbocycles. The van der Waals surface area contributed by atoms with Crippen LogP contribution in [0.2, 0.25) is 0 Å². The summed E-state index contributed by atoms with van der Waals surface area (Å²) in [5, 5.41) is 22.0. The lowest BCUT2D eigenvalue weighted by molar-refractivity contribution is -0.274. The number of aliphatic hydroxyl groups excluding tert-OH is 1. The minimum absolute atomic E-state index is 0.0297. The molecule has 0 radical (unpaired) electrons. The van der Waals surface area contributed by atoms with Crippen LogP contribution in [0.25, 0.3) is 0 Å². The first-order chi connectivity index (χ1) is 20.3. The van der Waals surface area contributed by atoms with Gasteiger partial charge in [-0.1, -0.05) is 45.9 Å². The Morgan fingerprint density at radius 2 is 1.77 bits per heavy atom. The highest BCUT2D eigenvalue weighted by molar-refractivity contribution is 7.92. The molecule has 3 saturated heterocycles. The normalized spacial score (nSPS) is 42.7. The SMILES string of the molecule is CC1CCC2C(C)(C)C(N3CCOCC3)C(S(=O)(=O)c3ccccc3)CC23OC2=C4C(=N)NC(=O)C4CC(O)C2CC13C. The molecule has 3 N–H and O–H groups in total. The minimum atomic E-state index is -3.80. The maximum atomic E-state index is 14.8. The van der Waals surface area contributed by atoms with Gasteiger partial charge < -0.3 is 19.9 Å². The van der Waals surface area contributed by atoms with E-state index in [1.54, 1.807) is 24.3 Å². The lowest BCUT2D eigenvalue weighted by Gasteiger charge is -2.71. The van der Waals surface area contributed by atoms with Gasteiger partial charge in [0.25, 0.3) is 0 Å².